The van der Waals surface area contributed by atoms with Crippen LogP contribution in [0.3, 0.4) is 0 Å². The molecule has 1 heterocycles. The third kappa shape index (κ3) is 7.70. The summed E-state index contributed by atoms with van der Waals surface area (Å²) < 4.78 is 5.69. The predicted molar refractivity (Wildman–Crippen MR) is 105 cm³/mol. The summed E-state index contributed by atoms with van der Waals surface area (Å²) in [7, 11) is 0. The third-order valence-electron chi connectivity index (χ3n) is 5.31. The predicted octanol–water partition coefficient (Wildman–Crippen LogP) is 5.35. The molecule has 0 N–H and O–H groups in total. The van der Waals surface area contributed by atoms with Gasteiger partial charge in [0.05, 0.1) is 0 Å². The maximum atomic E-state index is 11.6. The summed E-state index contributed by atoms with van der Waals surface area (Å²) in [5.41, 5.74) is 0. The molecule has 4 heteroatoms. The summed E-state index contributed by atoms with van der Waals surface area (Å²) in [5.74, 6) is 1.11. The number of ether oxygens (including phenoxy) is 1. The highest BCUT2D eigenvalue weighted by molar-refractivity contribution is 5.66. The van der Waals surface area contributed by atoms with Gasteiger partial charge >= 0.3 is 5.97 Å². The normalized spacial score (nSPS) is 19.3. The first-order chi connectivity index (χ1) is 12.0. The van der Waals surface area contributed by atoms with Crippen LogP contribution in [0.1, 0.15) is 86.0 Å². The molecule has 0 saturated heterocycles. The van der Waals surface area contributed by atoms with Crippen molar-refractivity contribution in [2.24, 2.45) is 11.8 Å². The monoisotopic (exact) mass is 352 g/mol. The lowest BCUT2D eigenvalue weighted by Gasteiger charge is -2.35. The molecule has 0 aliphatic carbocycles. The zero-order chi connectivity index (χ0) is 18.7. The van der Waals surface area contributed by atoms with Gasteiger partial charge in [0.2, 0.25) is 0 Å². The minimum absolute atomic E-state index is 0.202. The molecular formula is C21H40N2O2. The van der Waals surface area contributed by atoms with Gasteiger partial charge in [-0.1, -0.05) is 66.2 Å². The lowest BCUT2D eigenvalue weighted by molar-refractivity contribution is -0.167. The Hall–Kier alpha value is -1.19. The largest absolute Gasteiger partial charge is 0.423 e. The highest BCUT2D eigenvalue weighted by atomic mass is 16.6. The first-order valence-corrected chi connectivity index (χ1v) is 10.4. The van der Waals surface area contributed by atoms with E-state index in [2.05, 4.69) is 49.9 Å². The van der Waals surface area contributed by atoms with Crippen molar-refractivity contribution < 1.29 is 9.53 Å². The van der Waals surface area contributed by atoms with Crippen LogP contribution in [0.5, 0.6) is 0 Å². The Morgan fingerprint density at radius 3 is 1.68 bits per heavy atom. The molecule has 0 aromatic carbocycles. The Morgan fingerprint density at radius 1 is 0.920 bits per heavy atom. The van der Waals surface area contributed by atoms with Gasteiger partial charge in [0.15, 0.2) is 0 Å². The molecule has 0 amide bonds. The summed E-state index contributed by atoms with van der Waals surface area (Å²) in [6, 6.07) is 0. The summed E-state index contributed by atoms with van der Waals surface area (Å²) in [6.45, 7) is 12.4. The van der Waals surface area contributed by atoms with Crippen LogP contribution in [-0.2, 0) is 9.53 Å². The van der Waals surface area contributed by atoms with Crippen molar-refractivity contribution in [1.29, 1.82) is 0 Å². The molecule has 146 valence electrons. The van der Waals surface area contributed by atoms with Crippen LogP contribution < -0.4 is 0 Å². The molecule has 0 saturated carbocycles. The molecule has 0 radical (unpaired) electrons. The highest BCUT2D eigenvalue weighted by Crippen LogP contribution is 2.25. The number of hydrogen-bond donors (Lipinski definition) is 0. The number of nitrogens with zero attached hydrogens (tertiary/aromatic N) is 2. The van der Waals surface area contributed by atoms with Gasteiger partial charge in [-0.2, -0.15) is 0 Å². The van der Waals surface area contributed by atoms with E-state index in [9.17, 15) is 4.79 Å². The van der Waals surface area contributed by atoms with E-state index in [0.717, 1.165) is 13.1 Å². The van der Waals surface area contributed by atoms with Crippen molar-refractivity contribution >= 4 is 5.97 Å². The number of carbonyl (C=O) groups is 1. The van der Waals surface area contributed by atoms with Crippen LogP contribution in [0.15, 0.2) is 12.4 Å². The third-order valence-corrected chi connectivity index (χ3v) is 5.31. The van der Waals surface area contributed by atoms with Crippen LogP contribution in [0.4, 0.5) is 0 Å². The molecule has 0 fully saturated rings. The van der Waals surface area contributed by atoms with Gasteiger partial charge in [0.25, 0.3) is 6.35 Å². The summed E-state index contributed by atoms with van der Waals surface area (Å²) in [5, 5.41) is 0. The number of rotatable bonds is 13. The zero-order valence-corrected chi connectivity index (χ0v) is 17.2. The number of hydrogen-bond acceptors (Lipinski definition) is 4. The molecule has 0 spiro atoms. The lowest BCUT2D eigenvalue weighted by atomic mass is 9.98. The van der Waals surface area contributed by atoms with Crippen LogP contribution in [0.2, 0.25) is 0 Å². The number of carbonyl (C=O) groups excluding carboxylic acids is 1. The average Bonchev–Trinajstić information content (AvgIpc) is 2.95. The summed E-state index contributed by atoms with van der Waals surface area (Å²) >= 11 is 0. The standard InChI is InChI=1S/C21H40N2O2/c1-6-10-12-19(8-3)16-22-14-15-23(21(22)25-18(5)24)17-20(9-4)13-11-7-2/h14-15,19-21H,6-13,16-17H2,1-5H3. The fourth-order valence-corrected chi connectivity index (χ4v) is 3.53. The van der Waals surface area contributed by atoms with Crippen molar-refractivity contribution in [3.05, 3.63) is 12.4 Å². The molecule has 1 aliphatic rings. The van der Waals surface area contributed by atoms with Crippen LogP contribution in [0, 0.1) is 11.8 Å². The van der Waals surface area contributed by atoms with E-state index in [-0.39, 0.29) is 12.3 Å². The Kier molecular flexibility index (Phi) is 10.7. The molecule has 0 aromatic rings. The Bertz CT molecular complexity index is 369. The van der Waals surface area contributed by atoms with Crippen molar-refractivity contribution in [3.63, 3.8) is 0 Å². The maximum Gasteiger partial charge on any atom is 0.305 e. The van der Waals surface area contributed by atoms with Crippen molar-refractivity contribution in [2.45, 2.75) is 92.3 Å². The Morgan fingerprint density at radius 2 is 1.36 bits per heavy atom. The van der Waals surface area contributed by atoms with E-state index < -0.39 is 0 Å². The first-order valence-electron chi connectivity index (χ1n) is 10.4. The van der Waals surface area contributed by atoms with Gasteiger partial charge in [-0.15, -0.1) is 0 Å². The topological polar surface area (TPSA) is 32.8 Å². The van der Waals surface area contributed by atoms with E-state index in [1.54, 1.807) is 0 Å². The van der Waals surface area contributed by atoms with E-state index >= 15 is 0 Å². The van der Waals surface area contributed by atoms with Gasteiger partial charge < -0.3 is 14.5 Å². The van der Waals surface area contributed by atoms with Gasteiger partial charge in [-0.3, -0.25) is 4.79 Å². The van der Waals surface area contributed by atoms with Crippen molar-refractivity contribution in [2.75, 3.05) is 13.1 Å². The Labute approximate surface area is 155 Å². The Balaban J connectivity index is 2.70. The molecule has 0 aromatic heterocycles. The average molecular weight is 353 g/mol. The van der Waals surface area contributed by atoms with E-state index in [4.69, 9.17) is 4.74 Å². The van der Waals surface area contributed by atoms with E-state index in [1.807, 2.05) is 0 Å². The van der Waals surface area contributed by atoms with E-state index in [0.29, 0.717) is 11.8 Å². The molecule has 2 atom stereocenters. The fraction of sp³-hybridized carbons (Fsp3) is 0.857. The van der Waals surface area contributed by atoms with Crippen LogP contribution in [0.25, 0.3) is 0 Å². The quantitative estimate of drug-likeness (QED) is 0.418. The van der Waals surface area contributed by atoms with Gasteiger partial charge in [-0.25, -0.2) is 0 Å². The zero-order valence-electron chi connectivity index (χ0n) is 17.2. The minimum atomic E-state index is -0.260. The van der Waals surface area contributed by atoms with Crippen molar-refractivity contribution in [3.8, 4) is 0 Å². The maximum absolute atomic E-state index is 11.6. The number of unbranched alkanes of at least 4 members (excludes halogenated alkanes) is 2. The van der Waals surface area contributed by atoms with Gasteiger partial charge in [-0.05, 0) is 24.7 Å². The second-order valence-electron chi connectivity index (χ2n) is 7.46. The highest BCUT2D eigenvalue weighted by Gasteiger charge is 2.31. The second-order valence-corrected chi connectivity index (χ2v) is 7.46. The van der Waals surface area contributed by atoms with E-state index in [1.165, 1.54) is 58.3 Å². The molecule has 1 aliphatic heterocycles. The fourth-order valence-electron chi connectivity index (χ4n) is 3.53. The molecule has 1 rings (SSSR count). The molecule has 0 bridgehead atoms. The molecular weight excluding hydrogens is 312 g/mol. The number of esters is 1. The van der Waals surface area contributed by atoms with Gasteiger partial charge in [0, 0.05) is 32.4 Å². The van der Waals surface area contributed by atoms with Crippen LogP contribution in [-0.4, -0.2) is 35.2 Å². The SMILES string of the molecule is CCCCC(CC)CN1C=CN(CC(CC)CCCC)C1OC(C)=O. The molecule has 4 nitrogen and oxygen atoms in total. The van der Waals surface area contributed by atoms with Crippen molar-refractivity contribution in [1.82, 2.24) is 9.80 Å². The van der Waals surface area contributed by atoms with Crippen LogP contribution >= 0.6 is 0 Å². The van der Waals surface area contributed by atoms with Gasteiger partial charge in [0.1, 0.15) is 0 Å². The second kappa shape index (κ2) is 12.2. The molecule has 25 heavy (non-hydrogen) atoms. The smallest absolute Gasteiger partial charge is 0.305 e. The summed E-state index contributed by atoms with van der Waals surface area (Å²) in [6.07, 6.45) is 13.8. The minimum Gasteiger partial charge on any atom is -0.423 e. The first kappa shape index (κ1) is 21.9. The molecule has 2 unspecified atom stereocenters. The lowest BCUT2D eigenvalue weighted by Crippen LogP contribution is -2.45. The summed E-state index contributed by atoms with van der Waals surface area (Å²) in [4.78, 5) is 16.1.